The number of para-hydroxylation sites is 2. The minimum absolute atomic E-state index is 0.0390. The zero-order valence-electron chi connectivity index (χ0n) is 16.5. The highest BCUT2D eigenvalue weighted by atomic mass is 19.4. The lowest BCUT2D eigenvalue weighted by Crippen LogP contribution is -2.38. The van der Waals surface area contributed by atoms with E-state index in [0.717, 1.165) is 15.6 Å². The van der Waals surface area contributed by atoms with Gasteiger partial charge in [0, 0.05) is 30.9 Å². The molecule has 0 atom stereocenters. The minimum atomic E-state index is -4.95. The lowest BCUT2D eigenvalue weighted by atomic mass is 9.90. The van der Waals surface area contributed by atoms with Crippen LogP contribution in [0.25, 0.3) is 11.1 Å². The second-order valence-corrected chi connectivity index (χ2v) is 7.12. The Morgan fingerprint density at radius 3 is 2.31 bits per heavy atom. The van der Waals surface area contributed by atoms with Gasteiger partial charge in [-0.2, -0.15) is 18.3 Å². The van der Waals surface area contributed by atoms with Gasteiger partial charge in [-0.1, -0.05) is 24.3 Å². The molecule has 11 heteroatoms. The van der Waals surface area contributed by atoms with Gasteiger partial charge < -0.3 is 9.64 Å². The van der Waals surface area contributed by atoms with Crippen LogP contribution in [0.4, 0.5) is 32.0 Å². The van der Waals surface area contributed by atoms with E-state index in [1.807, 2.05) is 0 Å². The third-order valence-electron chi connectivity index (χ3n) is 5.01. The van der Waals surface area contributed by atoms with Crippen LogP contribution in [0.2, 0.25) is 0 Å². The summed E-state index contributed by atoms with van der Waals surface area (Å²) in [6.07, 6.45) is -8.29. The molecule has 1 aliphatic heterocycles. The molecule has 32 heavy (non-hydrogen) atoms. The first kappa shape index (κ1) is 21.7. The van der Waals surface area contributed by atoms with Gasteiger partial charge in [0.1, 0.15) is 0 Å². The monoisotopic (exact) mass is 455 g/mol. The van der Waals surface area contributed by atoms with Gasteiger partial charge in [0.15, 0.2) is 11.4 Å². The van der Waals surface area contributed by atoms with Crippen LogP contribution in [0, 0.1) is 0 Å². The number of nitrogens with zero attached hydrogens (tertiary/aromatic N) is 3. The predicted octanol–water partition coefficient (Wildman–Crippen LogP) is 5.21. The van der Waals surface area contributed by atoms with Crippen molar-refractivity contribution >= 4 is 11.6 Å². The average molecular weight is 455 g/mol. The van der Waals surface area contributed by atoms with Crippen LogP contribution in [-0.2, 0) is 19.6 Å². The van der Waals surface area contributed by atoms with E-state index in [2.05, 4.69) is 9.84 Å². The number of rotatable bonds is 3. The molecule has 0 N–H and O–H groups in total. The molecule has 0 bridgehead atoms. The fourth-order valence-corrected chi connectivity index (χ4v) is 3.80. The number of carbonyl (C=O) groups excluding carboxylic acids is 1. The van der Waals surface area contributed by atoms with Crippen molar-refractivity contribution in [1.82, 2.24) is 9.78 Å². The van der Waals surface area contributed by atoms with Gasteiger partial charge in [-0.3, -0.25) is 9.48 Å². The van der Waals surface area contributed by atoms with E-state index in [1.54, 1.807) is 0 Å². The van der Waals surface area contributed by atoms with E-state index < -0.39 is 29.9 Å². The van der Waals surface area contributed by atoms with Crippen molar-refractivity contribution in [3.05, 3.63) is 65.5 Å². The fraction of sp³-hybridized carbons (Fsp3) is 0.238. The maximum absolute atomic E-state index is 13.5. The van der Waals surface area contributed by atoms with Crippen LogP contribution in [0.15, 0.2) is 48.7 Å². The number of hydrogen-bond donors (Lipinski definition) is 0. The summed E-state index contributed by atoms with van der Waals surface area (Å²) in [4.78, 5) is 14.3. The minimum Gasteiger partial charge on any atom is -0.404 e. The summed E-state index contributed by atoms with van der Waals surface area (Å²) in [5.41, 5.74) is -0.640. The van der Waals surface area contributed by atoms with Crippen molar-refractivity contribution in [2.45, 2.75) is 19.0 Å². The number of halogens is 6. The maximum atomic E-state index is 13.5. The van der Waals surface area contributed by atoms with Crippen LogP contribution < -0.4 is 9.64 Å². The van der Waals surface area contributed by atoms with Gasteiger partial charge in [0.05, 0.1) is 5.69 Å². The van der Waals surface area contributed by atoms with Crippen LogP contribution in [0.3, 0.4) is 0 Å². The molecule has 1 aromatic heterocycles. The molecular formula is C21H15F6N3O2. The molecule has 2 heterocycles. The molecule has 0 aliphatic carbocycles. The maximum Gasteiger partial charge on any atom is 0.573 e. The van der Waals surface area contributed by atoms with E-state index in [1.165, 1.54) is 49.6 Å². The summed E-state index contributed by atoms with van der Waals surface area (Å²) in [5.74, 6) is -1.18. The molecule has 168 valence electrons. The Kier molecular flexibility index (Phi) is 5.14. The topological polar surface area (TPSA) is 47.4 Å². The number of aromatic nitrogens is 2. The molecule has 0 spiro atoms. The van der Waals surface area contributed by atoms with Crippen molar-refractivity contribution in [3.63, 3.8) is 0 Å². The number of ether oxygens (including phenoxy) is 1. The molecule has 3 aromatic rings. The van der Waals surface area contributed by atoms with Crippen LogP contribution in [0.5, 0.6) is 5.75 Å². The Labute approximate surface area is 177 Å². The first-order chi connectivity index (χ1) is 15.0. The molecule has 1 aliphatic rings. The SMILES string of the molecule is Cn1cc(-c2cccc3c2CCN(c2ccccc2OC(F)(F)F)C3=O)c(C(F)(F)F)n1. The molecule has 5 nitrogen and oxygen atoms in total. The van der Waals surface area contributed by atoms with E-state index in [4.69, 9.17) is 0 Å². The Morgan fingerprint density at radius 1 is 0.938 bits per heavy atom. The number of alkyl halides is 6. The van der Waals surface area contributed by atoms with E-state index in [9.17, 15) is 31.1 Å². The van der Waals surface area contributed by atoms with E-state index in [-0.39, 0.29) is 35.3 Å². The summed E-state index contributed by atoms with van der Waals surface area (Å²) >= 11 is 0. The first-order valence-corrected chi connectivity index (χ1v) is 9.35. The number of hydrogen-bond acceptors (Lipinski definition) is 3. The Bertz CT molecular complexity index is 1180. The van der Waals surface area contributed by atoms with Gasteiger partial charge in [0.25, 0.3) is 5.91 Å². The van der Waals surface area contributed by atoms with Crippen LogP contribution in [0.1, 0.15) is 21.6 Å². The molecule has 1 amide bonds. The lowest BCUT2D eigenvalue weighted by Gasteiger charge is -2.31. The highest BCUT2D eigenvalue weighted by Crippen LogP contribution is 2.40. The van der Waals surface area contributed by atoms with Gasteiger partial charge in [0.2, 0.25) is 0 Å². The summed E-state index contributed by atoms with van der Waals surface area (Å²) < 4.78 is 83.8. The number of amides is 1. The zero-order chi connectivity index (χ0) is 23.3. The summed E-state index contributed by atoms with van der Waals surface area (Å²) in [6, 6.07) is 9.54. The number of aryl methyl sites for hydroxylation is 1. The van der Waals surface area contributed by atoms with Gasteiger partial charge in [-0.15, -0.1) is 13.2 Å². The van der Waals surface area contributed by atoms with Gasteiger partial charge in [-0.05, 0) is 35.7 Å². The average Bonchev–Trinajstić information content (AvgIpc) is 3.10. The Hall–Kier alpha value is -3.50. The quantitative estimate of drug-likeness (QED) is 0.510. The molecular weight excluding hydrogens is 440 g/mol. The number of benzene rings is 2. The number of anilines is 1. The van der Waals surface area contributed by atoms with Crippen molar-refractivity contribution in [3.8, 4) is 16.9 Å². The summed E-state index contributed by atoms with van der Waals surface area (Å²) in [5, 5.41) is 3.51. The largest absolute Gasteiger partial charge is 0.573 e. The van der Waals surface area contributed by atoms with E-state index in [0.29, 0.717) is 5.56 Å². The Balaban J connectivity index is 1.77. The third kappa shape index (κ3) is 4.02. The lowest BCUT2D eigenvalue weighted by molar-refractivity contribution is -0.274. The predicted molar refractivity (Wildman–Crippen MR) is 102 cm³/mol. The molecule has 0 fully saturated rings. The van der Waals surface area contributed by atoms with Crippen LogP contribution in [-0.4, -0.2) is 28.6 Å². The number of fused-ring (bicyclic) bond motifs is 1. The molecule has 0 saturated heterocycles. The summed E-state index contributed by atoms with van der Waals surface area (Å²) in [6.45, 7) is -0.0390. The Morgan fingerprint density at radius 2 is 1.62 bits per heavy atom. The van der Waals surface area contributed by atoms with Crippen molar-refractivity contribution in [2.75, 3.05) is 11.4 Å². The number of carbonyl (C=O) groups is 1. The molecule has 0 radical (unpaired) electrons. The second-order valence-electron chi connectivity index (χ2n) is 7.12. The second kappa shape index (κ2) is 7.57. The third-order valence-corrected chi connectivity index (χ3v) is 5.01. The smallest absolute Gasteiger partial charge is 0.404 e. The zero-order valence-corrected chi connectivity index (χ0v) is 16.5. The molecule has 4 rings (SSSR count). The fourth-order valence-electron chi connectivity index (χ4n) is 3.80. The van der Waals surface area contributed by atoms with Gasteiger partial charge >= 0.3 is 12.5 Å². The first-order valence-electron chi connectivity index (χ1n) is 9.35. The van der Waals surface area contributed by atoms with E-state index >= 15 is 0 Å². The molecule has 0 saturated carbocycles. The van der Waals surface area contributed by atoms with Crippen molar-refractivity contribution in [2.24, 2.45) is 7.05 Å². The van der Waals surface area contributed by atoms with Crippen molar-refractivity contribution in [1.29, 1.82) is 0 Å². The molecule has 0 unspecified atom stereocenters. The normalized spacial score (nSPS) is 14.5. The summed E-state index contributed by atoms with van der Waals surface area (Å²) in [7, 11) is 1.36. The van der Waals surface area contributed by atoms with Crippen LogP contribution >= 0.6 is 0 Å². The van der Waals surface area contributed by atoms with Gasteiger partial charge in [-0.25, -0.2) is 0 Å². The standard InChI is InChI=1S/C21H15F6N3O2/c1-29-11-15(18(28-29)20(22,23)24)12-5-4-6-14-13(12)9-10-30(19(14)31)16-7-2-3-8-17(16)32-21(25,26)27/h2-8,11H,9-10H2,1H3. The highest BCUT2D eigenvalue weighted by molar-refractivity contribution is 6.10. The highest BCUT2D eigenvalue weighted by Gasteiger charge is 2.39. The van der Waals surface area contributed by atoms with Crippen molar-refractivity contribution < 1.29 is 35.9 Å². The molecule has 2 aromatic carbocycles.